The average Bonchev–Trinajstić information content (AvgIpc) is 2.17. The molecule has 1 rings (SSSR count). The summed E-state index contributed by atoms with van der Waals surface area (Å²) >= 11 is 0. The molecule has 0 bridgehead atoms. The molecular weight excluding hydrogens is 142 g/mol. The smallest absolute Gasteiger partial charge is 0.142 e. The maximum Gasteiger partial charge on any atom is 0.142 e. The van der Waals surface area contributed by atoms with Crippen LogP contribution < -0.4 is 0 Å². The quantitative estimate of drug-likeness (QED) is 0.533. The van der Waals surface area contributed by atoms with E-state index in [1.165, 1.54) is 0 Å². The van der Waals surface area contributed by atoms with Crippen molar-refractivity contribution in [3.8, 4) is 6.07 Å². The molecule has 1 aliphatic rings. The van der Waals surface area contributed by atoms with Crippen molar-refractivity contribution in [2.45, 2.75) is 13.0 Å². The predicted molar refractivity (Wildman–Crippen MR) is 40.2 cm³/mol. The van der Waals surface area contributed by atoms with Gasteiger partial charge in [0, 0.05) is 7.05 Å². The summed E-state index contributed by atoms with van der Waals surface area (Å²) in [5, 5.41) is 25.1. The molecule has 0 aliphatic carbocycles. The van der Waals surface area contributed by atoms with Crippen LogP contribution in [0.3, 0.4) is 0 Å². The topological polar surface area (TPSA) is 71.1 Å². The summed E-state index contributed by atoms with van der Waals surface area (Å²) in [5.41, 5.74) is 0.0833. The van der Waals surface area contributed by atoms with Crippen molar-refractivity contribution in [2.75, 3.05) is 7.05 Å². The number of nitrogens with zero attached hydrogens (tertiary/aromatic N) is 2. The fourth-order valence-corrected chi connectivity index (χ4v) is 0.994. The van der Waals surface area contributed by atoms with Crippen molar-refractivity contribution in [3.05, 3.63) is 11.3 Å². The first-order chi connectivity index (χ1) is 5.09. The summed E-state index contributed by atoms with van der Waals surface area (Å²) in [6.45, 7) is 1.74. The summed E-state index contributed by atoms with van der Waals surface area (Å²) in [4.78, 5) is 1.55. The molecule has 0 saturated heterocycles. The highest BCUT2D eigenvalue weighted by molar-refractivity contribution is 6.02. The summed E-state index contributed by atoms with van der Waals surface area (Å²) in [6.07, 6.45) is 0. The molecule has 1 aliphatic heterocycles. The molecule has 11 heavy (non-hydrogen) atoms. The molecule has 1 atom stereocenters. The molecule has 0 amide bonds. The SMILES string of the molecule is CC1C(O)=C(C#N)C(=N)N1C. The number of rotatable bonds is 0. The Hall–Kier alpha value is -1.50. The zero-order chi connectivity index (χ0) is 8.59. The lowest BCUT2D eigenvalue weighted by molar-refractivity contribution is 0.311. The number of aliphatic hydroxyl groups is 1. The fraction of sp³-hybridized carbons (Fsp3) is 0.429. The Morgan fingerprint density at radius 2 is 2.27 bits per heavy atom. The minimum absolute atomic E-state index is 0.000000000000000444. The van der Waals surface area contributed by atoms with Gasteiger partial charge in [0.25, 0.3) is 0 Å². The molecule has 0 saturated carbocycles. The van der Waals surface area contributed by atoms with E-state index >= 15 is 0 Å². The minimum Gasteiger partial charge on any atom is -0.509 e. The van der Waals surface area contributed by atoms with Crippen molar-refractivity contribution in [1.82, 2.24) is 4.90 Å². The van der Waals surface area contributed by atoms with Gasteiger partial charge in [0.15, 0.2) is 0 Å². The number of likely N-dealkylation sites (N-methyl/N-ethyl adjacent to an activating group) is 1. The molecule has 1 heterocycles. The molecule has 0 aromatic rings. The van der Waals surface area contributed by atoms with Crippen molar-refractivity contribution >= 4 is 5.84 Å². The van der Waals surface area contributed by atoms with E-state index < -0.39 is 0 Å². The van der Waals surface area contributed by atoms with E-state index in [-0.39, 0.29) is 23.2 Å². The molecule has 0 spiro atoms. The third-order valence-electron chi connectivity index (χ3n) is 1.93. The molecule has 4 heteroatoms. The van der Waals surface area contributed by atoms with Gasteiger partial charge in [-0.1, -0.05) is 0 Å². The minimum atomic E-state index is -0.239. The zero-order valence-electron chi connectivity index (χ0n) is 6.42. The van der Waals surface area contributed by atoms with Gasteiger partial charge in [-0.15, -0.1) is 0 Å². The summed E-state index contributed by atoms with van der Waals surface area (Å²) < 4.78 is 0. The highest BCUT2D eigenvalue weighted by atomic mass is 16.3. The van der Waals surface area contributed by atoms with Gasteiger partial charge in [-0.3, -0.25) is 5.41 Å². The standard InChI is InChI=1S/C7H9N3O/c1-4-6(11)5(3-8)7(9)10(4)2/h4,9,11H,1-2H3. The van der Waals surface area contributed by atoms with Crippen LogP contribution in [0.5, 0.6) is 0 Å². The largest absolute Gasteiger partial charge is 0.509 e. The number of aliphatic hydroxyl groups excluding tert-OH is 1. The van der Waals surface area contributed by atoms with E-state index in [0.29, 0.717) is 0 Å². The van der Waals surface area contributed by atoms with Crippen molar-refractivity contribution < 1.29 is 5.11 Å². The summed E-state index contributed by atoms with van der Waals surface area (Å²) in [6, 6.07) is 1.55. The summed E-state index contributed by atoms with van der Waals surface area (Å²) in [7, 11) is 1.67. The van der Waals surface area contributed by atoms with Gasteiger partial charge >= 0.3 is 0 Å². The molecule has 0 aromatic heterocycles. The molecule has 58 valence electrons. The number of hydrogen-bond donors (Lipinski definition) is 2. The molecular formula is C7H9N3O. The lowest BCUT2D eigenvalue weighted by atomic mass is 10.2. The first-order valence-corrected chi connectivity index (χ1v) is 3.24. The van der Waals surface area contributed by atoms with E-state index in [4.69, 9.17) is 10.7 Å². The van der Waals surface area contributed by atoms with Crippen LogP contribution >= 0.6 is 0 Å². The van der Waals surface area contributed by atoms with Gasteiger partial charge in [-0.25, -0.2) is 0 Å². The Morgan fingerprint density at radius 3 is 2.45 bits per heavy atom. The molecule has 2 N–H and O–H groups in total. The molecule has 4 nitrogen and oxygen atoms in total. The van der Waals surface area contributed by atoms with Crippen LogP contribution in [0.2, 0.25) is 0 Å². The number of amidine groups is 1. The van der Waals surface area contributed by atoms with E-state index in [1.54, 1.807) is 24.9 Å². The Balaban J connectivity index is 3.11. The van der Waals surface area contributed by atoms with Gasteiger partial charge in [0.2, 0.25) is 0 Å². The van der Waals surface area contributed by atoms with Gasteiger partial charge in [-0.2, -0.15) is 5.26 Å². The lowest BCUT2D eigenvalue weighted by Gasteiger charge is -2.16. The van der Waals surface area contributed by atoms with Crippen molar-refractivity contribution in [3.63, 3.8) is 0 Å². The summed E-state index contributed by atoms with van der Waals surface area (Å²) in [5.74, 6) is 0.0949. The average molecular weight is 151 g/mol. The fourth-order valence-electron chi connectivity index (χ4n) is 0.994. The third-order valence-corrected chi connectivity index (χ3v) is 1.93. The van der Waals surface area contributed by atoms with Crippen LogP contribution in [0.4, 0.5) is 0 Å². The van der Waals surface area contributed by atoms with Gasteiger partial charge in [-0.05, 0) is 6.92 Å². The molecule has 0 radical (unpaired) electrons. The maximum atomic E-state index is 9.27. The van der Waals surface area contributed by atoms with E-state index in [9.17, 15) is 5.11 Å². The number of hydrogen-bond acceptors (Lipinski definition) is 3. The second kappa shape index (κ2) is 2.27. The van der Waals surface area contributed by atoms with E-state index in [0.717, 1.165) is 0 Å². The second-order valence-corrected chi connectivity index (χ2v) is 2.51. The maximum absolute atomic E-state index is 9.27. The Morgan fingerprint density at radius 1 is 1.73 bits per heavy atom. The lowest BCUT2D eigenvalue weighted by Crippen LogP contribution is -2.28. The number of nitriles is 1. The highest BCUT2D eigenvalue weighted by Crippen LogP contribution is 2.21. The van der Waals surface area contributed by atoms with Crippen LogP contribution in [0, 0.1) is 16.7 Å². The Labute approximate surface area is 64.9 Å². The first-order valence-electron chi connectivity index (χ1n) is 3.24. The first kappa shape index (κ1) is 7.61. The van der Waals surface area contributed by atoms with Crippen LogP contribution in [0.1, 0.15) is 6.92 Å². The predicted octanol–water partition coefficient (Wildman–Crippen LogP) is 0.633. The van der Waals surface area contributed by atoms with E-state index in [1.807, 2.05) is 0 Å². The van der Waals surface area contributed by atoms with Crippen LogP contribution in [0.25, 0.3) is 0 Å². The molecule has 1 unspecified atom stereocenters. The van der Waals surface area contributed by atoms with Crippen molar-refractivity contribution in [1.29, 1.82) is 10.7 Å². The highest BCUT2D eigenvalue weighted by Gasteiger charge is 2.30. The monoisotopic (exact) mass is 151 g/mol. The van der Waals surface area contributed by atoms with Crippen molar-refractivity contribution in [2.24, 2.45) is 0 Å². The van der Waals surface area contributed by atoms with Gasteiger partial charge in [0.1, 0.15) is 23.2 Å². The van der Waals surface area contributed by atoms with Crippen LogP contribution in [-0.2, 0) is 0 Å². The second-order valence-electron chi connectivity index (χ2n) is 2.51. The number of nitrogens with one attached hydrogen (secondary N) is 1. The Kier molecular flexibility index (Phi) is 1.57. The molecule has 0 aromatic carbocycles. The zero-order valence-corrected chi connectivity index (χ0v) is 6.42. The van der Waals surface area contributed by atoms with Crippen LogP contribution in [0.15, 0.2) is 11.3 Å². The van der Waals surface area contributed by atoms with Crippen LogP contribution in [-0.4, -0.2) is 28.9 Å². The van der Waals surface area contributed by atoms with Gasteiger partial charge in [0.05, 0.1) is 6.04 Å². The normalized spacial score (nSPS) is 24.3. The third kappa shape index (κ3) is 0.855. The van der Waals surface area contributed by atoms with Gasteiger partial charge < -0.3 is 10.0 Å². The Bertz CT molecular complexity index is 274. The van der Waals surface area contributed by atoms with E-state index in [2.05, 4.69) is 0 Å². The molecule has 0 fully saturated rings.